The monoisotopic (exact) mass is 261 g/mol. The van der Waals surface area contributed by atoms with Crippen LogP contribution in [-0.4, -0.2) is 9.51 Å². The number of phenols is 1. The van der Waals surface area contributed by atoms with Crippen molar-refractivity contribution in [1.82, 2.24) is 4.40 Å². The van der Waals surface area contributed by atoms with Crippen LogP contribution >= 0.6 is 0 Å². The van der Waals surface area contributed by atoms with E-state index in [1.54, 1.807) is 6.07 Å². The summed E-state index contributed by atoms with van der Waals surface area (Å²) in [5, 5.41) is 9.76. The molecule has 3 aromatic heterocycles. The Labute approximate surface area is 117 Å². The quantitative estimate of drug-likeness (QED) is 0.566. The van der Waals surface area contributed by atoms with Crippen molar-refractivity contribution in [3.63, 3.8) is 0 Å². The zero-order valence-corrected chi connectivity index (χ0v) is 11.3. The number of benzene rings is 1. The molecule has 4 rings (SSSR count). The van der Waals surface area contributed by atoms with Crippen LogP contribution in [0.25, 0.3) is 27.7 Å². The molecule has 20 heavy (non-hydrogen) atoms. The number of aromatic nitrogens is 1. The minimum atomic E-state index is 0.314. The SMILES string of the molecule is CCc1c(-c2cccc(O)c2)c2ccc3cccc1n32. The highest BCUT2D eigenvalue weighted by atomic mass is 16.3. The fraction of sp³-hybridized carbons (Fsp3) is 0.111. The van der Waals surface area contributed by atoms with Crippen molar-refractivity contribution < 1.29 is 5.11 Å². The normalized spacial score (nSPS) is 11.7. The number of aryl methyl sites for hydroxylation is 1. The molecule has 1 N–H and O–H groups in total. The largest absolute Gasteiger partial charge is 0.508 e. The maximum absolute atomic E-state index is 9.76. The third-order valence-electron chi connectivity index (χ3n) is 4.03. The molecule has 0 fully saturated rings. The first-order valence-corrected chi connectivity index (χ1v) is 6.93. The van der Waals surface area contributed by atoms with E-state index in [-0.39, 0.29) is 0 Å². The minimum Gasteiger partial charge on any atom is -0.508 e. The van der Waals surface area contributed by atoms with Crippen molar-refractivity contribution in [2.75, 3.05) is 0 Å². The lowest BCUT2D eigenvalue weighted by atomic mass is 9.99. The highest BCUT2D eigenvalue weighted by Gasteiger charge is 2.17. The van der Waals surface area contributed by atoms with Crippen molar-refractivity contribution in [3.05, 3.63) is 60.2 Å². The van der Waals surface area contributed by atoms with Gasteiger partial charge in [0.25, 0.3) is 0 Å². The van der Waals surface area contributed by atoms with E-state index >= 15 is 0 Å². The second-order valence-electron chi connectivity index (χ2n) is 5.15. The molecule has 3 heterocycles. The number of hydrogen-bond acceptors (Lipinski definition) is 1. The van der Waals surface area contributed by atoms with Crippen LogP contribution in [0.5, 0.6) is 5.75 Å². The summed E-state index contributed by atoms with van der Waals surface area (Å²) in [6.07, 6.45) is 0.978. The molecule has 0 bridgehead atoms. The molecule has 0 aliphatic carbocycles. The summed E-state index contributed by atoms with van der Waals surface area (Å²) in [5.41, 5.74) is 7.37. The highest BCUT2D eigenvalue weighted by Crippen LogP contribution is 2.37. The molecule has 0 spiro atoms. The third kappa shape index (κ3) is 1.39. The van der Waals surface area contributed by atoms with E-state index < -0.39 is 0 Å². The number of rotatable bonds is 2. The van der Waals surface area contributed by atoms with Crippen LogP contribution in [0.4, 0.5) is 0 Å². The molecule has 1 aromatic carbocycles. The lowest BCUT2D eigenvalue weighted by Gasteiger charge is -2.04. The summed E-state index contributed by atoms with van der Waals surface area (Å²) in [6.45, 7) is 2.18. The van der Waals surface area contributed by atoms with Gasteiger partial charge < -0.3 is 9.51 Å². The van der Waals surface area contributed by atoms with Crippen LogP contribution in [0, 0.1) is 0 Å². The van der Waals surface area contributed by atoms with Gasteiger partial charge in [0.05, 0.1) is 11.0 Å². The molecule has 0 amide bonds. The van der Waals surface area contributed by atoms with Crippen LogP contribution in [0.2, 0.25) is 0 Å². The molecule has 0 saturated carbocycles. The molecule has 0 saturated heterocycles. The Morgan fingerprint density at radius 2 is 1.80 bits per heavy atom. The van der Waals surface area contributed by atoms with E-state index in [1.807, 2.05) is 12.1 Å². The van der Waals surface area contributed by atoms with Gasteiger partial charge in [-0.15, -0.1) is 0 Å². The fourth-order valence-corrected chi connectivity index (χ4v) is 3.22. The summed E-state index contributed by atoms with van der Waals surface area (Å²) in [6, 6.07) is 18.2. The number of nitrogens with zero attached hydrogens (tertiary/aromatic N) is 1. The Morgan fingerprint density at radius 1 is 0.950 bits per heavy atom. The number of pyridine rings is 1. The minimum absolute atomic E-state index is 0.314. The molecule has 98 valence electrons. The molecule has 0 atom stereocenters. The molecule has 0 aliphatic heterocycles. The summed E-state index contributed by atoms with van der Waals surface area (Å²) in [7, 11) is 0. The van der Waals surface area contributed by atoms with Gasteiger partial charge >= 0.3 is 0 Å². The Kier molecular flexibility index (Phi) is 2.27. The first kappa shape index (κ1) is 11.4. The molecule has 0 radical (unpaired) electrons. The Balaban J connectivity index is 2.17. The van der Waals surface area contributed by atoms with E-state index in [0.29, 0.717) is 5.75 Å². The fourth-order valence-electron chi connectivity index (χ4n) is 3.22. The molecule has 0 unspecified atom stereocenters. The van der Waals surface area contributed by atoms with Crippen LogP contribution < -0.4 is 0 Å². The Hall–Kier alpha value is -2.48. The molecular formula is C18H15NO. The second kappa shape index (κ2) is 4.01. The summed E-state index contributed by atoms with van der Waals surface area (Å²) in [5.74, 6) is 0.314. The topological polar surface area (TPSA) is 24.6 Å². The van der Waals surface area contributed by atoms with Crippen molar-refractivity contribution in [2.24, 2.45) is 0 Å². The zero-order valence-electron chi connectivity index (χ0n) is 11.3. The maximum atomic E-state index is 9.76. The van der Waals surface area contributed by atoms with Gasteiger partial charge in [-0.05, 0) is 53.9 Å². The predicted molar refractivity (Wildman–Crippen MR) is 82.6 cm³/mol. The lowest BCUT2D eigenvalue weighted by molar-refractivity contribution is 0.475. The Morgan fingerprint density at radius 3 is 2.60 bits per heavy atom. The summed E-state index contributed by atoms with van der Waals surface area (Å²) >= 11 is 0. The summed E-state index contributed by atoms with van der Waals surface area (Å²) in [4.78, 5) is 0. The molecule has 2 nitrogen and oxygen atoms in total. The van der Waals surface area contributed by atoms with Crippen LogP contribution in [0.1, 0.15) is 12.5 Å². The first-order valence-electron chi connectivity index (χ1n) is 6.93. The van der Waals surface area contributed by atoms with Crippen molar-refractivity contribution in [2.45, 2.75) is 13.3 Å². The second-order valence-corrected chi connectivity index (χ2v) is 5.15. The van der Waals surface area contributed by atoms with E-state index in [2.05, 4.69) is 47.7 Å². The van der Waals surface area contributed by atoms with Gasteiger partial charge in [-0.1, -0.05) is 25.1 Å². The first-order chi connectivity index (χ1) is 9.79. The summed E-state index contributed by atoms with van der Waals surface area (Å²) < 4.78 is 2.30. The van der Waals surface area contributed by atoms with Crippen molar-refractivity contribution in [1.29, 1.82) is 0 Å². The van der Waals surface area contributed by atoms with Crippen LogP contribution in [0.3, 0.4) is 0 Å². The highest BCUT2D eigenvalue weighted by molar-refractivity contribution is 5.95. The van der Waals surface area contributed by atoms with Gasteiger partial charge in [0.1, 0.15) is 5.75 Å². The van der Waals surface area contributed by atoms with Gasteiger partial charge in [-0.3, -0.25) is 0 Å². The molecular weight excluding hydrogens is 246 g/mol. The number of hydrogen-bond donors (Lipinski definition) is 1. The van der Waals surface area contributed by atoms with Crippen molar-refractivity contribution in [3.8, 4) is 16.9 Å². The van der Waals surface area contributed by atoms with Gasteiger partial charge in [-0.25, -0.2) is 0 Å². The van der Waals surface area contributed by atoms with Crippen LogP contribution in [0.15, 0.2) is 54.6 Å². The maximum Gasteiger partial charge on any atom is 0.116 e. The molecule has 4 aromatic rings. The predicted octanol–water partition coefficient (Wildman–Crippen LogP) is 4.47. The van der Waals surface area contributed by atoms with E-state index in [0.717, 1.165) is 12.0 Å². The third-order valence-corrected chi connectivity index (χ3v) is 4.03. The standard InChI is InChI=1S/C18H15NO/c1-2-15-16-8-4-6-13-9-10-17(19(13)16)18(15)12-5-3-7-14(20)11-12/h3-11,20H,2H2,1H3. The van der Waals surface area contributed by atoms with Crippen LogP contribution in [-0.2, 0) is 6.42 Å². The van der Waals surface area contributed by atoms with E-state index in [4.69, 9.17) is 0 Å². The number of aromatic hydroxyl groups is 1. The van der Waals surface area contributed by atoms with Gasteiger partial charge in [0.15, 0.2) is 0 Å². The Bertz CT molecular complexity index is 904. The molecule has 2 heteroatoms. The van der Waals surface area contributed by atoms with E-state index in [1.165, 1.54) is 27.7 Å². The average Bonchev–Trinajstić information content (AvgIpc) is 3.02. The average molecular weight is 261 g/mol. The number of phenolic OH excluding ortho intramolecular Hbond substituents is 1. The smallest absolute Gasteiger partial charge is 0.116 e. The molecule has 0 aliphatic rings. The van der Waals surface area contributed by atoms with Gasteiger partial charge in [0, 0.05) is 11.1 Å². The van der Waals surface area contributed by atoms with Gasteiger partial charge in [0.2, 0.25) is 0 Å². The lowest BCUT2D eigenvalue weighted by Crippen LogP contribution is -1.84. The van der Waals surface area contributed by atoms with Crippen molar-refractivity contribution >= 4 is 16.6 Å². The zero-order chi connectivity index (χ0) is 13.7. The van der Waals surface area contributed by atoms with E-state index in [9.17, 15) is 5.11 Å². The van der Waals surface area contributed by atoms with Gasteiger partial charge in [-0.2, -0.15) is 0 Å².